The topological polar surface area (TPSA) is 91.4 Å². The number of benzene rings is 1. The Morgan fingerprint density at radius 1 is 1.23 bits per heavy atom. The van der Waals surface area contributed by atoms with Crippen molar-refractivity contribution in [3.05, 3.63) is 52.7 Å². The highest BCUT2D eigenvalue weighted by atomic mass is 32.2. The molecule has 2 aromatic rings. The first-order valence-electron chi connectivity index (χ1n) is 8.11. The standard InChI is InChI=1S/C18H24N4O3S/c1-12-9-15(10-16(13(12)2)26(24,25)19-3)18(23)21-11-14-7-6-8-20-17(14)22(4)5/h6-10,19H,11H2,1-5H3,(H,21,23). The highest BCUT2D eigenvalue weighted by Crippen LogP contribution is 2.21. The average molecular weight is 376 g/mol. The minimum atomic E-state index is -3.64. The van der Waals surface area contributed by atoms with Gasteiger partial charge in [0.15, 0.2) is 0 Å². The number of anilines is 1. The van der Waals surface area contributed by atoms with Crippen molar-refractivity contribution in [1.29, 1.82) is 0 Å². The third-order valence-corrected chi connectivity index (χ3v) is 5.71. The maximum absolute atomic E-state index is 12.6. The van der Waals surface area contributed by atoms with Gasteiger partial charge in [-0.2, -0.15) is 0 Å². The number of carbonyl (C=O) groups is 1. The van der Waals surface area contributed by atoms with Crippen LogP contribution < -0.4 is 14.9 Å². The number of aryl methyl sites for hydroxylation is 1. The van der Waals surface area contributed by atoms with E-state index in [0.29, 0.717) is 17.7 Å². The van der Waals surface area contributed by atoms with Crippen molar-refractivity contribution < 1.29 is 13.2 Å². The molecule has 1 heterocycles. The van der Waals surface area contributed by atoms with Gasteiger partial charge in [0, 0.05) is 38.0 Å². The molecular weight excluding hydrogens is 352 g/mol. The molecule has 2 rings (SSSR count). The van der Waals surface area contributed by atoms with Crippen LogP contribution in [0, 0.1) is 13.8 Å². The largest absolute Gasteiger partial charge is 0.362 e. The number of nitrogens with one attached hydrogen (secondary N) is 2. The second-order valence-electron chi connectivity index (χ2n) is 6.19. The van der Waals surface area contributed by atoms with Crippen molar-refractivity contribution >= 4 is 21.7 Å². The van der Waals surface area contributed by atoms with Crippen LogP contribution in [0.15, 0.2) is 35.4 Å². The first-order chi connectivity index (χ1) is 12.2. The summed E-state index contributed by atoms with van der Waals surface area (Å²) in [7, 11) is 1.47. The molecule has 1 aromatic heterocycles. The van der Waals surface area contributed by atoms with Crippen LogP contribution in [0.2, 0.25) is 0 Å². The Morgan fingerprint density at radius 2 is 1.92 bits per heavy atom. The van der Waals surface area contributed by atoms with Crippen LogP contribution in [-0.4, -0.2) is 40.5 Å². The number of hydrogen-bond acceptors (Lipinski definition) is 5. The molecule has 1 amide bonds. The lowest BCUT2D eigenvalue weighted by molar-refractivity contribution is 0.0950. The summed E-state index contributed by atoms with van der Waals surface area (Å²) in [5.74, 6) is 0.431. The maximum atomic E-state index is 12.6. The SMILES string of the molecule is CNS(=O)(=O)c1cc(C(=O)NCc2cccnc2N(C)C)cc(C)c1C. The smallest absolute Gasteiger partial charge is 0.251 e. The number of sulfonamides is 1. The van der Waals surface area contributed by atoms with E-state index in [4.69, 9.17) is 0 Å². The summed E-state index contributed by atoms with van der Waals surface area (Å²) in [5, 5.41) is 2.83. The van der Waals surface area contributed by atoms with Gasteiger partial charge < -0.3 is 10.2 Å². The maximum Gasteiger partial charge on any atom is 0.251 e. The molecule has 0 saturated carbocycles. The van der Waals surface area contributed by atoms with Crippen LogP contribution in [0.3, 0.4) is 0 Å². The predicted octanol–water partition coefficient (Wildman–Crippen LogP) is 1.60. The summed E-state index contributed by atoms with van der Waals surface area (Å²) in [6, 6.07) is 6.79. The third kappa shape index (κ3) is 4.20. The molecular formula is C18H24N4O3S. The molecule has 0 aliphatic carbocycles. The molecule has 0 atom stereocenters. The van der Waals surface area contributed by atoms with Gasteiger partial charge in [0.25, 0.3) is 5.91 Å². The molecule has 7 nitrogen and oxygen atoms in total. The first-order valence-corrected chi connectivity index (χ1v) is 9.60. The fraction of sp³-hybridized carbons (Fsp3) is 0.333. The minimum Gasteiger partial charge on any atom is -0.362 e. The van der Waals surface area contributed by atoms with Crippen molar-refractivity contribution in [3.8, 4) is 0 Å². The van der Waals surface area contributed by atoms with Gasteiger partial charge in [0.2, 0.25) is 10.0 Å². The summed E-state index contributed by atoms with van der Waals surface area (Å²) < 4.78 is 26.7. The molecule has 26 heavy (non-hydrogen) atoms. The van der Waals surface area contributed by atoms with Crippen molar-refractivity contribution in [3.63, 3.8) is 0 Å². The Kier molecular flexibility index (Phi) is 5.99. The number of amides is 1. The van der Waals surface area contributed by atoms with Crippen LogP contribution in [0.1, 0.15) is 27.0 Å². The molecule has 0 unspecified atom stereocenters. The van der Waals surface area contributed by atoms with Crippen LogP contribution in [0.25, 0.3) is 0 Å². The lowest BCUT2D eigenvalue weighted by Crippen LogP contribution is -2.26. The van der Waals surface area contributed by atoms with E-state index in [1.807, 2.05) is 31.1 Å². The van der Waals surface area contributed by atoms with Crippen LogP contribution in [0.4, 0.5) is 5.82 Å². The van der Waals surface area contributed by atoms with Gasteiger partial charge in [0.1, 0.15) is 5.82 Å². The fourth-order valence-electron chi connectivity index (χ4n) is 2.60. The van der Waals surface area contributed by atoms with Gasteiger partial charge in [0.05, 0.1) is 4.90 Å². The van der Waals surface area contributed by atoms with Crippen molar-refractivity contribution in [1.82, 2.24) is 15.0 Å². The first kappa shape index (κ1) is 19.9. The molecule has 0 radical (unpaired) electrons. The van der Waals surface area contributed by atoms with Crippen LogP contribution in [-0.2, 0) is 16.6 Å². The molecule has 0 saturated heterocycles. The monoisotopic (exact) mass is 376 g/mol. The van der Waals surface area contributed by atoms with E-state index in [1.165, 1.54) is 13.1 Å². The van der Waals surface area contributed by atoms with E-state index in [9.17, 15) is 13.2 Å². The van der Waals surface area contributed by atoms with Crippen LogP contribution >= 0.6 is 0 Å². The Bertz CT molecular complexity index is 924. The Balaban J connectivity index is 2.29. The fourth-order valence-corrected chi connectivity index (χ4v) is 3.66. The highest BCUT2D eigenvalue weighted by Gasteiger charge is 2.19. The Hall–Kier alpha value is -2.45. The molecule has 1 aromatic carbocycles. The zero-order valence-electron chi connectivity index (χ0n) is 15.6. The Labute approximate surface area is 154 Å². The van der Waals surface area contributed by atoms with E-state index in [1.54, 1.807) is 26.1 Å². The second kappa shape index (κ2) is 7.84. The third-order valence-electron chi connectivity index (χ3n) is 4.17. The minimum absolute atomic E-state index is 0.112. The Morgan fingerprint density at radius 3 is 2.54 bits per heavy atom. The number of nitrogens with zero attached hydrogens (tertiary/aromatic N) is 2. The normalized spacial score (nSPS) is 11.3. The molecule has 0 fully saturated rings. The van der Waals surface area contributed by atoms with Gasteiger partial charge in [-0.05, 0) is 50.2 Å². The summed E-state index contributed by atoms with van der Waals surface area (Å²) in [6.07, 6.45) is 1.69. The van der Waals surface area contributed by atoms with Gasteiger partial charge in [-0.3, -0.25) is 4.79 Å². The van der Waals surface area contributed by atoms with E-state index in [-0.39, 0.29) is 10.8 Å². The average Bonchev–Trinajstić information content (AvgIpc) is 2.61. The molecule has 0 aliphatic heterocycles. The van der Waals surface area contributed by atoms with Gasteiger partial charge in [-0.15, -0.1) is 0 Å². The lowest BCUT2D eigenvalue weighted by atomic mass is 10.1. The van der Waals surface area contributed by atoms with E-state index >= 15 is 0 Å². The zero-order chi connectivity index (χ0) is 19.5. The lowest BCUT2D eigenvalue weighted by Gasteiger charge is -2.16. The van der Waals surface area contributed by atoms with Crippen molar-refractivity contribution in [2.75, 3.05) is 26.0 Å². The van der Waals surface area contributed by atoms with Gasteiger partial charge in [-0.25, -0.2) is 18.1 Å². The summed E-state index contributed by atoms with van der Waals surface area (Å²) in [6.45, 7) is 3.80. The van der Waals surface area contributed by atoms with Crippen molar-refractivity contribution in [2.45, 2.75) is 25.3 Å². The number of carbonyl (C=O) groups excluding carboxylic acids is 1. The number of hydrogen-bond donors (Lipinski definition) is 2. The highest BCUT2D eigenvalue weighted by molar-refractivity contribution is 7.89. The van der Waals surface area contributed by atoms with E-state index in [0.717, 1.165) is 16.9 Å². The molecule has 0 bridgehead atoms. The number of pyridine rings is 1. The number of rotatable bonds is 6. The molecule has 0 spiro atoms. The molecule has 2 N–H and O–H groups in total. The summed E-state index contributed by atoms with van der Waals surface area (Å²) in [4.78, 5) is 18.9. The number of aromatic nitrogens is 1. The summed E-state index contributed by atoms with van der Waals surface area (Å²) >= 11 is 0. The van der Waals surface area contributed by atoms with Crippen molar-refractivity contribution in [2.24, 2.45) is 0 Å². The predicted molar refractivity (Wildman–Crippen MR) is 102 cm³/mol. The quantitative estimate of drug-likeness (QED) is 0.799. The zero-order valence-corrected chi connectivity index (χ0v) is 16.4. The second-order valence-corrected chi connectivity index (χ2v) is 8.04. The molecule has 8 heteroatoms. The van der Waals surface area contributed by atoms with Gasteiger partial charge in [-0.1, -0.05) is 6.07 Å². The molecule has 0 aliphatic rings. The molecule has 140 valence electrons. The summed E-state index contributed by atoms with van der Waals surface area (Å²) in [5.41, 5.74) is 2.54. The van der Waals surface area contributed by atoms with Gasteiger partial charge >= 0.3 is 0 Å². The van der Waals surface area contributed by atoms with Crippen LogP contribution in [0.5, 0.6) is 0 Å². The van der Waals surface area contributed by atoms with E-state index < -0.39 is 10.0 Å². The van der Waals surface area contributed by atoms with E-state index in [2.05, 4.69) is 15.0 Å².